The number of imidazole rings is 1. The summed E-state index contributed by atoms with van der Waals surface area (Å²) >= 11 is 1.42. The van der Waals surface area contributed by atoms with Crippen molar-refractivity contribution in [2.45, 2.75) is 0 Å². The third-order valence-electron chi connectivity index (χ3n) is 3.14. The van der Waals surface area contributed by atoms with Crippen LogP contribution in [0.4, 0.5) is 9.52 Å². The number of nitrogens with one attached hydrogen (secondary N) is 1. The Hall–Kier alpha value is -2.47. The third kappa shape index (κ3) is 1.65. The molecule has 20 heavy (non-hydrogen) atoms. The molecule has 4 aromatic rings. The standard InChI is InChI=1S/C14H9FN4S/c15-8-2-1-3-10-12(8)19-13(17-10)7-4-5-9-11(6-7)20-14(16)18-9/h1-6H,(H2,16,18)(H,17,19). The van der Waals surface area contributed by atoms with Gasteiger partial charge in [0.25, 0.3) is 0 Å². The average molecular weight is 284 g/mol. The Labute approximate surface area is 117 Å². The van der Waals surface area contributed by atoms with Gasteiger partial charge in [-0.2, -0.15) is 0 Å². The number of hydrogen-bond donors (Lipinski definition) is 2. The smallest absolute Gasteiger partial charge is 0.181 e. The van der Waals surface area contributed by atoms with Crippen molar-refractivity contribution in [1.82, 2.24) is 15.0 Å². The SMILES string of the molecule is Nc1nc2ccc(-c3nc4c(F)cccc4[nH]3)cc2s1. The summed E-state index contributed by atoms with van der Waals surface area (Å²) in [4.78, 5) is 11.7. The Balaban J connectivity index is 1.93. The number of hydrogen-bond acceptors (Lipinski definition) is 4. The van der Waals surface area contributed by atoms with E-state index in [4.69, 9.17) is 5.73 Å². The van der Waals surface area contributed by atoms with Crippen LogP contribution in [0.2, 0.25) is 0 Å². The second-order valence-electron chi connectivity index (χ2n) is 4.46. The molecular weight excluding hydrogens is 275 g/mol. The van der Waals surface area contributed by atoms with Gasteiger partial charge in [0.05, 0.1) is 15.7 Å². The lowest BCUT2D eigenvalue weighted by atomic mass is 10.2. The number of anilines is 1. The molecule has 0 radical (unpaired) electrons. The lowest BCUT2D eigenvalue weighted by molar-refractivity contribution is 0.637. The Morgan fingerprint density at radius 3 is 2.90 bits per heavy atom. The van der Waals surface area contributed by atoms with Crippen molar-refractivity contribution in [3.8, 4) is 11.4 Å². The molecule has 0 spiro atoms. The summed E-state index contributed by atoms with van der Waals surface area (Å²) in [5.74, 6) is 0.312. The minimum absolute atomic E-state index is 0.326. The van der Waals surface area contributed by atoms with Crippen LogP contribution in [-0.2, 0) is 0 Å². The molecule has 2 aromatic carbocycles. The van der Waals surface area contributed by atoms with Gasteiger partial charge in [-0.1, -0.05) is 17.4 Å². The minimum atomic E-state index is -0.326. The normalized spacial score (nSPS) is 11.4. The van der Waals surface area contributed by atoms with Gasteiger partial charge in [0.15, 0.2) is 10.9 Å². The van der Waals surface area contributed by atoms with Gasteiger partial charge in [-0.3, -0.25) is 0 Å². The van der Waals surface area contributed by atoms with Crippen molar-refractivity contribution in [3.05, 3.63) is 42.2 Å². The molecule has 2 heterocycles. The average Bonchev–Trinajstić information content (AvgIpc) is 3.00. The zero-order valence-electron chi connectivity index (χ0n) is 10.2. The van der Waals surface area contributed by atoms with Crippen LogP contribution in [0.1, 0.15) is 0 Å². The van der Waals surface area contributed by atoms with Crippen LogP contribution in [0.15, 0.2) is 36.4 Å². The van der Waals surface area contributed by atoms with Gasteiger partial charge in [0.1, 0.15) is 11.3 Å². The molecule has 0 amide bonds. The molecule has 0 saturated heterocycles. The summed E-state index contributed by atoms with van der Waals surface area (Å²) in [6.45, 7) is 0. The van der Waals surface area contributed by atoms with E-state index in [2.05, 4.69) is 15.0 Å². The highest BCUT2D eigenvalue weighted by molar-refractivity contribution is 7.22. The summed E-state index contributed by atoms with van der Waals surface area (Å²) in [6.07, 6.45) is 0. The number of halogens is 1. The van der Waals surface area contributed by atoms with E-state index in [1.807, 2.05) is 18.2 Å². The Bertz CT molecular complexity index is 941. The van der Waals surface area contributed by atoms with Crippen LogP contribution in [0.3, 0.4) is 0 Å². The highest BCUT2D eigenvalue weighted by Gasteiger charge is 2.10. The Morgan fingerprint density at radius 2 is 2.05 bits per heavy atom. The van der Waals surface area contributed by atoms with Gasteiger partial charge in [0.2, 0.25) is 0 Å². The van der Waals surface area contributed by atoms with Crippen molar-refractivity contribution < 1.29 is 4.39 Å². The molecule has 4 rings (SSSR count). The molecule has 2 aromatic heterocycles. The molecule has 98 valence electrons. The lowest BCUT2D eigenvalue weighted by Crippen LogP contribution is -1.81. The number of aromatic amines is 1. The molecule has 3 N–H and O–H groups in total. The van der Waals surface area contributed by atoms with Crippen molar-refractivity contribution in [1.29, 1.82) is 0 Å². The highest BCUT2D eigenvalue weighted by Crippen LogP contribution is 2.29. The van der Waals surface area contributed by atoms with Crippen molar-refractivity contribution in [2.75, 3.05) is 5.73 Å². The van der Waals surface area contributed by atoms with E-state index in [1.165, 1.54) is 17.4 Å². The molecule has 0 bridgehead atoms. The number of aromatic nitrogens is 3. The number of para-hydroxylation sites is 1. The first kappa shape index (κ1) is 11.4. The highest BCUT2D eigenvalue weighted by atomic mass is 32.1. The van der Waals surface area contributed by atoms with Crippen LogP contribution in [0, 0.1) is 5.82 Å². The summed E-state index contributed by atoms with van der Waals surface area (Å²) < 4.78 is 14.7. The Morgan fingerprint density at radius 1 is 1.15 bits per heavy atom. The number of nitrogens with two attached hydrogens (primary N) is 1. The van der Waals surface area contributed by atoms with E-state index in [0.29, 0.717) is 22.0 Å². The van der Waals surface area contributed by atoms with E-state index < -0.39 is 0 Å². The van der Waals surface area contributed by atoms with Gasteiger partial charge in [0, 0.05) is 5.56 Å². The van der Waals surface area contributed by atoms with E-state index in [-0.39, 0.29) is 5.82 Å². The summed E-state index contributed by atoms with van der Waals surface area (Å²) in [5.41, 5.74) is 8.48. The Kier molecular flexibility index (Phi) is 2.28. The molecule has 4 nitrogen and oxygen atoms in total. The number of fused-ring (bicyclic) bond motifs is 2. The molecule has 0 fully saturated rings. The number of benzene rings is 2. The second-order valence-corrected chi connectivity index (χ2v) is 5.52. The zero-order valence-corrected chi connectivity index (χ0v) is 11.0. The maximum Gasteiger partial charge on any atom is 0.181 e. The van der Waals surface area contributed by atoms with Gasteiger partial charge >= 0.3 is 0 Å². The zero-order chi connectivity index (χ0) is 13.7. The number of nitrogens with zero attached hydrogens (tertiary/aromatic N) is 2. The van der Waals surface area contributed by atoms with Crippen molar-refractivity contribution >= 4 is 37.7 Å². The number of H-pyrrole nitrogens is 1. The molecule has 0 aliphatic rings. The predicted molar refractivity (Wildman–Crippen MR) is 79.1 cm³/mol. The molecule has 0 saturated carbocycles. The molecular formula is C14H9FN4S. The minimum Gasteiger partial charge on any atom is -0.375 e. The topological polar surface area (TPSA) is 67.6 Å². The molecule has 0 unspecified atom stereocenters. The third-order valence-corrected chi connectivity index (χ3v) is 3.99. The van der Waals surface area contributed by atoms with Gasteiger partial charge in [-0.15, -0.1) is 0 Å². The monoisotopic (exact) mass is 284 g/mol. The van der Waals surface area contributed by atoms with E-state index in [1.54, 1.807) is 12.1 Å². The number of nitrogen functional groups attached to an aromatic ring is 1. The van der Waals surface area contributed by atoms with Gasteiger partial charge in [-0.25, -0.2) is 14.4 Å². The van der Waals surface area contributed by atoms with Crippen molar-refractivity contribution in [2.24, 2.45) is 0 Å². The van der Waals surface area contributed by atoms with E-state index >= 15 is 0 Å². The molecule has 0 aliphatic carbocycles. The molecule has 0 atom stereocenters. The van der Waals surface area contributed by atoms with Gasteiger partial charge < -0.3 is 10.7 Å². The first-order valence-corrected chi connectivity index (χ1v) is 6.83. The quantitative estimate of drug-likeness (QED) is 0.561. The fourth-order valence-electron chi connectivity index (χ4n) is 2.22. The maximum atomic E-state index is 13.7. The maximum absolute atomic E-state index is 13.7. The number of rotatable bonds is 1. The van der Waals surface area contributed by atoms with Gasteiger partial charge in [-0.05, 0) is 30.3 Å². The fraction of sp³-hybridized carbons (Fsp3) is 0. The second kappa shape index (κ2) is 4.01. The molecule has 6 heteroatoms. The van der Waals surface area contributed by atoms with Crippen molar-refractivity contribution in [3.63, 3.8) is 0 Å². The van der Waals surface area contributed by atoms with Crippen LogP contribution in [0.5, 0.6) is 0 Å². The van der Waals surface area contributed by atoms with E-state index in [0.717, 1.165) is 15.8 Å². The molecule has 0 aliphatic heterocycles. The van der Waals surface area contributed by atoms with Crippen LogP contribution in [0.25, 0.3) is 32.6 Å². The fourth-order valence-corrected chi connectivity index (χ4v) is 3.00. The number of thiazole rings is 1. The van der Waals surface area contributed by atoms with E-state index in [9.17, 15) is 4.39 Å². The predicted octanol–water partition coefficient (Wildman–Crippen LogP) is 3.56. The first-order valence-electron chi connectivity index (χ1n) is 6.01. The van der Waals surface area contributed by atoms with Crippen LogP contribution >= 0.6 is 11.3 Å². The summed E-state index contributed by atoms with van der Waals surface area (Å²) in [7, 11) is 0. The van der Waals surface area contributed by atoms with Crippen LogP contribution < -0.4 is 5.73 Å². The summed E-state index contributed by atoms with van der Waals surface area (Å²) in [6, 6.07) is 10.6. The first-order chi connectivity index (χ1) is 9.70. The largest absolute Gasteiger partial charge is 0.375 e. The lowest BCUT2D eigenvalue weighted by Gasteiger charge is -1.95. The van der Waals surface area contributed by atoms with Crippen LogP contribution in [-0.4, -0.2) is 15.0 Å². The summed E-state index contributed by atoms with van der Waals surface area (Å²) in [5, 5.41) is 0.535.